The number of carbonyl (C=O) groups excluding carboxylic acids is 1. The first-order valence-electron chi connectivity index (χ1n) is 5.41. The van der Waals surface area contributed by atoms with Gasteiger partial charge < -0.3 is 4.74 Å². The first-order valence-corrected chi connectivity index (χ1v) is 5.41. The molecule has 5 heteroatoms. The molecule has 0 unspecified atom stereocenters. The number of halogens is 3. The van der Waals surface area contributed by atoms with Crippen molar-refractivity contribution in [1.29, 1.82) is 0 Å². The summed E-state index contributed by atoms with van der Waals surface area (Å²) in [6.45, 7) is 1.23. The second-order valence-corrected chi connectivity index (χ2v) is 3.85. The third-order valence-corrected chi connectivity index (χ3v) is 2.45. The lowest BCUT2D eigenvalue weighted by molar-refractivity contribution is 0.101. The van der Waals surface area contributed by atoms with Crippen molar-refractivity contribution in [3.63, 3.8) is 0 Å². The van der Waals surface area contributed by atoms with Crippen molar-refractivity contribution in [2.75, 3.05) is 0 Å². The summed E-state index contributed by atoms with van der Waals surface area (Å²) in [5.74, 6) is -3.73. The molecule has 2 rings (SSSR count). The lowest BCUT2D eigenvalue weighted by Crippen LogP contribution is -2.00. The largest absolute Gasteiger partial charge is 0.450 e. The van der Waals surface area contributed by atoms with Crippen LogP contribution in [0.1, 0.15) is 17.3 Å². The average Bonchev–Trinajstić information content (AvgIpc) is 2.35. The number of ether oxygens (including phenoxy) is 1. The Morgan fingerprint density at radius 2 is 1.79 bits per heavy atom. The van der Waals surface area contributed by atoms with Crippen LogP contribution < -0.4 is 4.74 Å². The zero-order chi connectivity index (χ0) is 14.0. The van der Waals surface area contributed by atoms with Crippen LogP contribution in [-0.2, 0) is 0 Å². The smallest absolute Gasteiger partial charge is 0.173 e. The van der Waals surface area contributed by atoms with E-state index in [1.165, 1.54) is 19.1 Å². The van der Waals surface area contributed by atoms with Crippen LogP contribution in [0.3, 0.4) is 0 Å². The molecule has 2 aromatic rings. The highest BCUT2D eigenvalue weighted by molar-refractivity contribution is 5.96. The summed E-state index contributed by atoms with van der Waals surface area (Å²) in [6, 6.07) is 6.30. The van der Waals surface area contributed by atoms with E-state index < -0.39 is 34.7 Å². The normalized spacial score (nSPS) is 10.3. The SMILES string of the molecule is CC(=O)c1cccc(F)c1Oc1cc(F)ccc1F. The minimum Gasteiger partial charge on any atom is -0.450 e. The maximum Gasteiger partial charge on any atom is 0.173 e. The van der Waals surface area contributed by atoms with Gasteiger partial charge in [-0.1, -0.05) is 6.07 Å². The van der Waals surface area contributed by atoms with E-state index in [4.69, 9.17) is 4.74 Å². The number of hydrogen-bond acceptors (Lipinski definition) is 2. The van der Waals surface area contributed by atoms with Crippen molar-refractivity contribution >= 4 is 5.78 Å². The van der Waals surface area contributed by atoms with Gasteiger partial charge in [-0.25, -0.2) is 13.2 Å². The molecule has 0 fully saturated rings. The van der Waals surface area contributed by atoms with Gasteiger partial charge in [-0.05, 0) is 31.2 Å². The van der Waals surface area contributed by atoms with Crippen molar-refractivity contribution in [1.82, 2.24) is 0 Å². The van der Waals surface area contributed by atoms with E-state index in [0.29, 0.717) is 0 Å². The molecule has 2 aromatic carbocycles. The van der Waals surface area contributed by atoms with Crippen molar-refractivity contribution < 1.29 is 22.7 Å². The predicted octanol–water partition coefficient (Wildman–Crippen LogP) is 4.10. The van der Waals surface area contributed by atoms with Gasteiger partial charge in [0.15, 0.2) is 28.9 Å². The van der Waals surface area contributed by atoms with Crippen LogP contribution in [0.25, 0.3) is 0 Å². The second kappa shape index (κ2) is 5.14. The number of benzene rings is 2. The molecule has 98 valence electrons. The van der Waals surface area contributed by atoms with E-state index in [1.807, 2.05) is 0 Å². The van der Waals surface area contributed by atoms with Gasteiger partial charge in [-0.15, -0.1) is 0 Å². The molecule has 0 aliphatic carbocycles. The molecule has 0 aliphatic rings. The summed E-state index contributed by atoms with van der Waals surface area (Å²) >= 11 is 0. The Kier molecular flexibility index (Phi) is 3.55. The fourth-order valence-electron chi connectivity index (χ4n) is 1.56. The van der Waals surface area contributed by atoms with E-state index in [-0.39, 0.29) is 5.56 Å². The van der Waals surface area contributed by atoms with Gasteiger partial charge >= 0.3 is 0 Å². The second-order valence-electron chi connectivity index (χ2n) is 3.85. The van der Waals surface area contributed by atoms with Crippen LogP contribution >= 0.6 is 0 Å². The van der Waals surface area contributed by atoms with Gasteiger partial charge in [-0.2, -0.15) is 0 Å². The molecular formula is C14H9F3O2. The highest BCUT2D eigenvalue weighted by Gasteiger charge is 2.16. The van der Waals surface area contributed by atoms with Crippen LogP contribution in [-0.4, -0.2) is 5.78 Å². The van der Waals surface area contributed by atoms with E-state index in [9.17, 15) is 18.0 Å². The van der Waals surface area contributed by atoms with Gasteiger partial charge in [0, 0.05) is 6.07 Å². The molecule has 19 heavy (non-hydrogen) atoms. The molecule has 0 aromatic heterocycles. The third kappa shape index (κ3) is 2.76. The molecule has 0 saturated carbocycles. The molecule has 0 aliphatic heterocycles. The third-order valence-electron chi connectivity index (χ3n) is 2.45. The summed E-state index contributed by atoms with van der Waals surface area (Å²) in [7, 11) is 0. The maximum atomic E-state index is 13.6. The van der Waals surface area contributed by atoms with Crippen LogP contribution in [0.4, 0.5) is 13.2 Å². The number of hydrogen-bond donors (Lipinski definition) is 0. The Hall–Kier alpha value is -2.30. The minimum absolute atomic E-state index is 0.0383. The summed E-state index contributed by atoms with van der Waals surface area (Å²) in [5, 5.41) is 0. The Labute approximate surface area is 107 Å². The van der Waals surface area contributed by atoms with E-state index in [2.05, 4.69) is 0 Å². The van der Waals surface area contributed by atoms with Crippen molar-refractivity contribution in [2.45, 2.75) is 6.92 Å². The molecule has 0 bridgehead atoms. The molecule has 0 radical (unpaired) electrons. The standard InChI is InChI=1S/C14H9F3O2/c1-8(18)10-3-2-4-12(17)14(10)19-13-7-9(15)5-6-11(13)16/h2-7H,1H3. The monoisotopic (exact) mass is 266 g/mol. The Morgan fingerprint density at radius 3 is 2.47 bits per heavy atom. The fourth-order valence-corrected chi connectivity index (χ4v) is 1.56. The summed E-state index contributed by atoms with van der Waals surface area (Å²) in [5.41, 5.74) is -0.0383. The zero-order valence-electron chi connectivity index (χ0n) is 9.91. The highest BCUT2D eigenvalue weighted by Crippen LogP contribution is 2.30. The average molecular weight is 266 g/mol. The van der Waals surface area contributed by atoms with Crippen LogP contribution in [0.5, 0.6) is 11.5 Å². The number of carbonyl (C=O) groups is 1. The number of ketones is 1. The Balaban J connectivity index is 2.49. The highest BCUT2D eigenvalue weighted by atomic mass is 19.1. The minimum atomic E-state index is -0.848. The molecule has 0 spiro atoms. The molecule has 0 heterocycles. The van der Waals surface area contributed by atoms with Gasteiger partial charge in [-0.3, -0.25) is 4.79 Å². The number of Topliss-reactive ketones (excluding diaryl/α,β-unsaturated/α-hetero) is 1. The fraction of sp³-hybridized carbons (Fsp3) is 0.0714. The van der Waals surface area contributed by atoms with Gasteiger partial charge in [0.25, 0.3) is 0 Å². The zero-order valence-corrected chi connectivity index (χ0v) is 9.91. The Bertz CT molecular complexity index is 639. The lowest BCUT2D eigenvalue weighted by Gasteiger charge is -2.11. The van der Waals surface area contributed by atoms with Crippen molar-refractivity contribution in [3.05, 3.63) is 59.4 Å². The molecule has 0 saturated heterocycles. The van der Waals surface area contributed by atoms with E-state index in [0.717, 1.165) is 24.3 Å². The quantitative estimate of drug-likeness (QED) is 0.782. The first-order chi connectivity index (χ1) is 8.99. The topological polar surface area (TPSA) is 26.3 Å². The molecule has 0 N–H and O–H groups in total. The molecule has 2 nitrogen and oxygen atoms in total. The van der Waals surface area contributed by atoms with Crippen LogP contribution in [0, 0.1) is 17.5 Å². The molecular weight excluding hydrogens is 257 g/mol. The maximum absolute atomic E-state index is 13.6. The summed E-state index contributed by atoms with van der Waals surface area (Å²) < 4.78 is 45.1. The molecule has 0 amide bonds. The molecule has 0 atom stereocenters. The lowest BCUT2D eigenvalue weighted by atomic mass is 10.1. The number of rotatable bonds is 3. The summed E-state index contributed by atoms with van der Waals surface area (Å²) in [6.07, 6.45) is 0. The van der Waals surface area contributed by atoms with Gasteiger partial charge in [0.05, 0.1) is 5.56 Å². The van der Waals surface area contributed by atoms with Crippen molar-refractivity contribution in [3.8, 4) is 11.5 Å². The van der Waals surface area contributed by atoms with Gasteiger partial charge in [0.2, 0.25) is 0 Å². The van der Waals surface area contributed by atoms with Crippen molar-refractivity contribution in [2.24, 2.45) is 0 Å². The van der Waals surface area contributed by atoms with E-state index >= 15 is 0 Å². The van der Waals surface area contributed by atoms with E-state index in [1.54, 1.807) is 0 Å². The van der Waals surface area contributed by atoms with Crippen LogP contribution in [0.15, 0.2) is 36.4 Å². The summed E-state index contributed by atoms with van der Waals surface area (Å²) in [4.78, 5) is 11.3. The first kappa shape index (κ1) is 13.1. The van der Waals surface area contributed by atoms with Crippen LogP contribution in [0.2, 0.25) is 0 Å². The number of para-hydroxylation sites is 1. The Morgan fingerprint density at radius 1 is 1.05 bits per heavy atom. The predicted molar refractivity (Wildman–Crippen MR) is 62.8 cm³/mol. The van der Waals surface area contributed by atoms with Gasteiger partial charge in [0.1, 0.15) is 5.82 Å².